The van der Waals surface area contributed by atoms with Gasteiger partial charge >= 0.3 is 0 Å². The predicted molar refractivity (Wildman–Crippen MR) is 89.5 cm³/mol. The van der Waals surface area contributed by atoms with E-state index in [2.05, 4.69) is 34.9 Å². The highest BCUT2D eigenvalue weighted by molar-refractivity contribution is 9.10. The Morgan fingerprint density at radius 1 is 1.48 bits per heavy atom. The minimum atomic E-state index is -0.356. The summed E-state index contributed by atoms with van der Waals surface area (Å²) in [5.74, 6) is 0.548. The number of carbonyl (C=O) groups is 1. The summed E-state index contributed by atoms with van der Waals surface area (Å²) in [6.07, 6.45) is 6.43. The normalized spacial score (nSPS) is 17.7. The number of nitrogens with zero attached hydrogens (tertiary/aromatic N) is 3. The molecule has 1 aromatic rings. The highest BCUT2D eigenvalue weighted by Gasteiger charge is 2.27. The fraction of sp³-hybridized carbons (Fsp3) is 0.714. The first kappa shape index (κ1) is 18.5. The lowest BCUT2D eigenvalue weighted by Crippen LogP contribution is -2.47. The molecule has 2 heterocycles. The third-order valence-corrected chi connectivity index (χ3v) is 4.17. The average Bonchev–Trinajstić information content (AvgIpc) is 2.84. The molecule has 7 heteroatoms. The number of piperidine rings is 1. The van der Waals surface area contributed by atoms with Crippen LogP contribution in [-0.2, 0) is 4.79 Å². The topological polar surface area (TPSA) is 64.2 Å². The predicted octanol–water partition coefficient (Wildman–Crippen LogP) is 2.60. The quantitative estimate of drug-likeness (QED) is 0.874. The zero-order valence-electron chi connectivity index (χ0n) is 12.5. The van der Waals surface area contributed by atoms with Crippen LogP contribution in [0.25, 0.3) is 0 Å². The van der Waals surface area contributed by atoms with Crippen LogP contribution in [0.5, 0.6) is 0 Å². The van der Waals surface area contributed by atoms with Crippen LogP contribution in [0.3, 0.4) is 0 Å². The summed E-state index contributed by atoms with van der Waals surface area (Å²) in [5, 5.41) is 4.33. The SMILES string of the molecule is CC(C)C[C@H](N)C(=O)N1CCC(n2cc(Br)cn2)CC1.Cl. The third kappa shape index (κ3) is 4.97. The third-order valence-electron chi connectivity index (χ3n) is 3.76. The molecular weight excluding hydrogens is 356 g/mol. The number of likely N-dealkylation sites (tertiary alicyclic amines) is 1. The van der Waals surface area contributed by atoms with Crippen LogP contribution in [-0.4, -0.2) is 39.7 Å². The Kier molecular flexibility index (Phi) is 7.16. The Morgan fingerprint density at radius 3 is 2.57 bits per heavy atom. The molecule has 5 nitrogen and oxygen atoms in total. The number of aromatic nitrogens is 2. The summed E-state index contributed by atoms with van der Waals surface area (Å²) in [5.41, 5.74) is 5.98. The molecule has 1 fully saturated rings. The van der Waals surface area contributed by atoms with Gasteiger partial charge in [-0.2, -0.15) is 5.10 Å². The minimum Gasteiger partial charge on any atom is -0.341 e. The molecule has 1 aliphatic rings. The number of nitrogens with two attached hydrogens (primary N) is 1. The molecule has 21 heavy (non-hydrogen) atoms. The van der Waals surface area contributed by atoms with E-state index in [0.717, 1.165) is 36.8 Å². The van der Waals surface area contributed by atoms with Crippen LogP contribution >= 0.6 is 28.3 Å². The van der Waals surface area contributed by atoms with Gasteiger partial charge < -0.3 is 10.6 Å². The Balaban J connectivity index is 0.00000220. The molecule has 0 spiro atoms. The van der Waals surface area contributed by atoms with Gasteiger partial charge in [0.1, 0.15) is 0 Å². The molecule has 0 bridgehead atoms. The number of carbonyl (C=O) groups excluding carboxylic acids is 1. The Bertz CT molecular complexity index is 458. The van der Waals surface area contributed by atoms with Crippen LogP contribution in [0.15, 0.2) is 16.9 Å². The first-order chi connectivity index (χ1) is 9.47. The van der Waals surface area contributed by atoms with E-state index in [0.29, 0.717) is 12.0 Å². The van der Waals surface area contributed by atoms with E-state index in [9.17, 15) is 4.79 Å². The highest BCUT2D eigenvalue weighted by Crippen LogP contribution is 2.23. The zero-order chi connectivity index (χ0) is 14.7. The average molecular weight is 380 g/mol. The number of hydrogen-bond donors (Lipinski definition) is 1. The van der Waals surface area contributed by atoms with E-state index in [1.54, 1.807) is 6.20 Å². The summed E-state index contributed by atoms with van der Waals surface area (Å²) >= 11 is 3.41. The molecule has 2 rings (SSSR count). The second-order valence-corrected chi connectivity index (χ2v) is 6.85. The van der Waals surface area contributed by atoms with Crippen molar-refractivity contribution in [3.63, 3.8) is 0 Å². The van der Waals surface area contributed by atoms with Crippen LogP contribution in [0.4, 0.5) is 0 Å². The molecule has 0 aromatic carbocycles. The first-order valence-corrected chi connectivity index (χ1v) is 8.00. The van der Waals surface area contributed by atoms with Gasteiger partial charge in [-0.1, -0.05) is 13.8 Å². The lowest BCUT2D eigenvalue weighted by molar-refractivity contribution is -0.134. The van der Waals surface area contributed by atoms with Gasteiger partial charge in [-0.25, -0.2) is 0 Å². The van der Waals surface area contributed by atoms with Crippen molar-refractivity contribution in [1.82, 2.24) is 14.7 Å². The molecule has 1 aromatic heterocycles. The van der Waals surface area contributed by atoms with Crippen LogP contribution in [0.2, 0.25) is 0 Å². The van der Waals surface area contributed by atoms with E-state index < -0.39 is 0 Å². The van der Waals surface area contributed by atoms with Crippen molar-refractivity contribution in [3.05, 3.63) is 16.9 Å². The van der Waals surface area contributed by atoms with E-state index in [-0.39, 0.29) is 24.4 Å². The van der Waals surface area contributed by atoms with E-state index in [1.807, 2.05) is 15.8 Å². The summed E-state index contributed by atoms with van der Waals surface area (Å²) in [6.45, 7) is 5.73. The molecule has 1 atom stereocenters. The van der Waals surface area contributed by atoms with Gasteiger partial charge in [-0.05, 0) is 41.1 Å². The van der Waals surface area contributed by atoms with E-state index in [4.69, 9.17) is 5.73 Å². The number of amides is 1. The molecule has 120 valence electrons. The van der Waals surface area contributed by atoms with Gasteiger partial charge in [0.05, 0.1) is 22.8 Å². The van der Waals surface area contributed by atoms with Crippen molar-refractivity contribution in [2.45, 2.75) is 45.2 Å². The maximum absolute atomic E-state index is 12.3. The molecule has 0 saturated carbocycles. The van der Waals surface area contributed by atoms with Gasteiger partial charge in [0.25, 0.3) is 0 Å². The Hall–Kier alpha value is -0.590. The second kappa shape index (κ2) is 8.15. The molecule has 0 aliphatic carbocycles. The molecule has 1 saturated heterocycles. The highest BCUT2D eigenvalue weighted by atomic mass is 79.9. The van der Waals surface area contributed by atoms with Crippen molar-refractivity contribution >= 4 is 34.2 Å². The van der Waals surface area contributed by atoms with Gasteiger partial charge in [0.15, 0.2) is 0 Å². The van der Waals surface area contributed by atoms with E-state index in [1.165, 1.54) is 0 Å². The maximum Gasteiger partial charge on any atom is 0.239 e. The van der Waals surface area contributed by atoms with Crippen molar-refractivity contribution in [2.75, 3.05) is 13.1 Å². The Labute approximate surface area is 140 Å². The summed E-state index contributed by atoms with van der Waals surface area (Å²) in [4.78, 5) is 14.2. The fourth-order valence-electron chi connectivity index (χ4n) is 2.71. The smallest absolute Gasteiger partial charge is 0.239 e. The van der Waals surface area contributed by atoms with E-state index >= 15 is 0 Å². The lowest BCUT2D eigenvalue weighted by atomic mass is 10.0. The van der Waals surface area contributed by atoms with Crippen molar-refractivity contribution in [2.24, 2.45) is 11.7 Å². The maximum atomic E-state index is 12.3. The fourth-order valence-corrected chi connectivity index (χ4v) is 3.01. The van der Waals surface area contributed by atoms with Gasteiger partial charge in [0, 0.05) is 19.3 Å². The number of hydrogen-bond acceptors (Lipinski definition) is 3. The zero-order valence-corrected chi connectivity index (χ0v) is 14.9. The standard InChI is InChI=1S/C14H23BrN4O.ClH/c1-10(2)7-13(16)14(20)18-5-3-12(4-6-18)19-9-11(15)8-17-19;/h8-10,12-13H,3-7,16H2,1-2H3;1H/t13-;/m0./s1. The van der Waals surface area contributed by atoms with Gasteiger partial charge in [-0.3, -0.25) is 9.48 Å². The first-order valence-electron chi connectivity index (χ1n) is 7.21. The van der Waals surface area contributed by atoms with Crippen LogP contribution in [0.1, 0.15) is 39.2 Å². The molecule has 2 N–H and O–H groups in total. The number of rotatable bonds is 4. The van der Waals surface area contributed by atoms with Crippen LogP contribution in [0, 0.1) is 5.92 Å². The number of halogens is 2. The molecule has 1 amide bonds. The monoisotopic (exact) mass is 378 g/mol. The lowest BCUT2D eigenvalue weighted by Gasteiger charge is -2.33. The van der Waals surface area contributed by atoms with Crippen molar-refractivity contribution in [3.8, 4) is 0 Å². The summed E-state index contributed by atoms with van der Waals surface area (Å²) < 4.78 is 2.98. The largest absolute Gasteiger partial charge is 0.341 e. The molecular formula is C14H24BrClN4O. The van der Waals surface area contributed by atoms with Gasteiger partial charge in [0.2, 0.25) is 5.91 Å². The second-order valence-electron chi connectivity index (χ2n) is 5.93. The van der Waals surface area contributed by atoms with Crippen molar-refractivity contribution in [1.29, 1.82) is 0 Å². The minimum absolute atomic E-state index is 0. The van der Waals surface area contributed by atoms with Crippen molar-refractivity contribution < 1.29 is 4.79 Å². The molecule has 0 radical (unpaired) electrons. The van der Waals surface area contributed by atoms with Gasteiger partial charge in [-0.15, -0.1) is 12.4 Å². The Morgan fingerprint density at radius 2 is 2.10 bits per heavy atom. The molecule has 0 unspecified atom stereocenters. The van der Waals surface area contributed by atoms with Crippen LogP contribution < -0.4 is 5.73 Å². The summed E-state index contributed by atoms with van der Waals surface area (Å²) in [7, 11) is 0. The molecule has 1 aliphatic heterocycles. The summed E-state index contributed by atoms with van der Waals surface area (Å²) in [6, 6.07) is 0.0251.